The molecule has 2 rings (SSSR count). The Bertz CT molecular complexity index is 536. The fraction of sp³-hybridized carbons (Fsp3) is 0.500. The van der Waals surface area contributed by atoms with Gasteiger partial charge in [0, 0.05) is 17.6 Å². The number of benzene rings is 1. The van der Waals surface area contributed by atoms with E-state index in [0.717, 1.165) is 25.5 Å². The topological polar surface area (TPSA) is 41.1 Å². The fourth-order valence-electron chi connectivity index (χ4n) is 2.38. The molecule has 124 valence electrons. The van der Waals surface area contributed by atoms with Crippen LogP contribution in [0.25, 0.3) is 0 Å². The molecule has 0 aromatic heterocycles. The van der Waals surface area contributed by atoms with E-state index in [1.54, 1.807) is 0 Å². The third-order valence-corrected chi connectivity index (χ3v) is 3.61. The number of carbonyl (C=O) groups is 1. The van der Waals surface area contributed by atoms with E-state index in [1.807, 2.05) is 6.92 Å². The molecule has 3 nitrogen and oxygen atoms in total. The van der Waals surface area contributed by atoms with Gasteiger partial charge in [0.2, 0.25) is 0 Å². The summed E-state index contributed by atoms with van der Waals surface area (Å²) < 4.78 is 51.1. The van der Waals surface area contributed by atoms with Crippen LogP contribution in [0.15, 0.2) is 18.2 Å². The van der Waals surface area contributed by atoms with Crippen LogP contribution in [-0.2, 0) is 6.18 Å². The second kappa shape index (κ2) is 7.28. The Labute approximate surface area is 131 Å². The van der Waals surface area contributed by atoms with Crippen LogP contribution >= 0.6 is 12.4 Å². The van der Waals surface area contributed by atoms with Crippen LogP contribution in [0.5, 0.6) is 0 Å². The number of hydrogen-bond donors (Lipinski definition) is 2. The zero-order valence-electron chi connectivity index (χ0n) is 11.8. The van der Waals surface area contributed by atoms with Crippen LogP contribution in [0.3, 0.4) is 0 Å². The zero-order chi connectivity index (χ0) is 15.6. The highest BCUT2D eigenvalue weighted by Crippen LogP contribution is 2.31. The standard InChI is InChI=1S/C14H16F4N2O.ClH/c1-8-12(3-2-6-19-8)20-13(21)9-4-5-11(15)10(7-9)14(16,17)18;/h4-5,7-8,12,19H,2-3,6H2,1H3,(H,20,21);1H. The SMILES string of the molecule is CC1NCCCC1NC(=O)c1ccc(F)c(C(F)(F)F)c1.Cl. The fourth-order valence-corrected chi connectivity index (χ4v) is 2.38. The summed E-state index contributed by atoms with van der Waals surface area (Å²) in [6, 6.07) is 2.17. The van der Waals surface area contributed by atoms with Crippen molar-refractivity contribution in [3.8, 4) is 0 Å². The van der Waals surface area contributed by atoms with Crippen molar-refractivity contribution in [1.29, 1.82) is 0 Å². The second-order valence-corrected chi connectivity index (χ2v) is 5.16. The van der Waals surface area contributed by atoms with Gasteiger partial charge in [0.15, 0.2) is 0 Å². The lowest BCUT2D eigenvalue weighted by molar-refractivity contribution is -0.140. The first-order chi connectivity index (χ1) is 9.79. The summed E-state index contributed by atoms with van der Waals surface area (Å²) in [4.78, 5) is 12.0. The first-order valence-corrected chi connectivity index (χ1v) is 6.70. The van der Waals surface area contributed by atoms with Crippen LogP contribution < -0.4 is 10.6 Å². The third-order valence-electron chi connectivity index (χ3n) is 3.61. The molecule has 1 aliphatic heterocycles. The minimum Gasteiger partial charge on any atom is -0.348 e. The van der Waals surface area contributed by atoms with Crippen molar-refractivity contribution in [2.45, 2.75) is 38.0 Å². The first-order valence-electron chi connectivity index (χ1n) is 6.70. The summed E-state index contributed by atoms with van der Waals surface area (Å²) in [5.74, 6) is -2.01. The Morgan fingerprint density at radius 1 is 1.36 bits per heavy atom. The molecule has 2 N–H and O–H groups in total. The van der Waals surface area contributed by atoms with Crippen molar-refractivity contribution in [2.24, 2.45) is 0 Å². The molecule has 1 saturated heterocycles. The number of rotatable bonds is 2. The molecule has 0 radical (unpaired) electrons. The lowest BCUT2D eigenvalue weighted by Gasteiger charge is -2.30. The molecule has 22 heavy (non-hydrogen) atoms. The average molecular weight is 341 g/mol. The van der Waals surface area contributed by atoms with Gasteiger partial charge in [0.25, 0.3) is 5.91 Å². The minimum atomic E-state index is -4.82. The summed E-state index contributed by atoms with van der Waals surface area (Å²) in [6.07, 6.45) is -3.18. The highest BCUT2D eigenvalue weighted by atomic mass is 35.5. The third kappa shape index (κ3) is 4.33. The number of amides is 1. The molecule has 1 aromatic rings. The van der Waals surface area contributed by atoms with Crippen molar-refractivity contribution in [1.82, 2.24) is 10.6 Å². The molecule has 0 saturated carbocycles. The van der Waals surface area contributed by atoms with Crippen molar-refractivity contribution >= 4 is 18.3 Å². The Morgan fingerprint density at radius 3 is 2.64 bits per heavy atom. The number of alkyl halides is 3. The van der Waals surface area contributed by atoms with E-state index in [1.165, 1.54) is 0 Å². The largest absolute Gasteiger partial charge is 0.419 e. The summed E-state index contributed by atoms with van der Waals surface area (Å²) in [7, 11) is 0. The molecule has 1 aromatic carbocycles. The van der Waals surface area contributed by atoms with Gasteiger partial charge in [-0.05, 0) is 44.5 Å². The molecular weight excluding hydrogens is 324 g/mol. The molecule has 8 heteroatoms. The van der Waals surface area contributed by atoms with Crippen LogP contribution in [0.2, 0.25) is 0 Å². The van der Waals surface area contributed by atoms with Crippen LogP contribution in [0.4, 0.5) is 17.6 Å². The summed E-state index contributed by atoms with van der Waals surface area (Å²) in [5.41, 5.74) is -1.62. The maximum absolute atomic E-state index is 13.2. The number of nitrogens with one attached hydrogen (secondary N) is 2. The number of hydrogen-bond acceptors (Lipinski definition) is 2. The quantitative estimate of drug-likeness (QED) is 0.812. The molecule has 1 amide bonds. The normalized spacial score (nSPS) is 21.9. The van der Waals surface area contributed by atoms with E-state index < -0.39 is 23.5 Å². The Balaban J connectivity index is 0.00000242. The molecule has 2 atom stereocenters. The monoisotopic (exact) mass is 340 g/mol. The zero-order valence-corrected chi connectivity index (χ0v) is 12.7. The summed E-state index contributed by atoms with van der Waals surface area (Å²) in [5, 5.41) is 5.87. The van der Waals surface area contributed by atoms with Gasteiger partial charge < -0.3 is 10.6 Å². The minimum absolute atomic E-state index is 0. The summed E-state index contributed by atoms with van der Waals surface area (Å²) >= 11 is 0. The molecule has 0 bridgehead atoms. The van der Waals surface area contributed by atoms with E-state index >= 15 is 0 Å². The predicted molar refractivity (Wildman–Crippen MR) is 76.6 cm³/mol. The Hall–Kier alpha value is -1.34. The molecule has 0 spiro atoms. The summed E-state index contributed by atoms with van der Waals surface area (Å²) in [6.45, 7) is 2.75. The highest BCUT2D eigenvalue weighted by Gasteiger charge is 2.35. The van der Waals surface area contributed by atoms with Gasteiger partial charge in [0.05, 0.1) is 5.56 Å². The van der Waals surface area contributed by atoms with Crippen LogP contribution in [0, 0.1) is 5.82 Å². The van der Waals surface area contributed by atoms with E-state index in [0.29, 0.717) is 12.1 Å². The lowest BCUT2D eigenvalue weighted by Crippen LogP contribution is -2.51. The van der Waals surface area contributed by atoms with E-state index in [-0.39, 0.29) is 30.1 Å². The van der Waals surface area contributed by atoms with E-state index in [2.05, 4.69) is 10.6 Å². The Kier molecular flexibility index (Phi) is 6.19. The van der Waals surface area contributed by atoms with E-state index in [9.17, 15) is 22.4 Å². The molecule has 0 aliphatic carbocycles. The van der Waals surface area contributed by atoms with Gasteiger partial charge in [-0.3, -0.25) is 4.79 Å². The van der Waals surface area contributed by atoms with Crippen molar-refractivity contribution in [2.75, 3.05) is 6.54 Å². The predicted octanol–water partition coefficient (Wildman–Crippen LogP) is 3.14. The van der Waals surface area contributed by atoms with Gasteiger partial charge in [-0.1, -0.05) is 0 Å². The van der Waals surface area contributed by atoms with E-state index in [4.69, 9.17) is 0 Å². The first kappa shape index (κ1) is 18.7. The molecular formula is C14H17ClF4N2O. The van der Waals surface area contributed by atoms with Gasteiger partial charge in [-0.15, -0.1) is 12.4 Å². The van der Waals surface area contributed by atoms with Gasteiger partial charge >= 0.3 is 6.18 Å². The maximum atomic E-state index is 13.2. The van der Waals surface area contributed by atoms with Crippen molar-refractivity contribution in [3.05, 3.63) is 35.1 Å². The average Bonchev–Trinajstić information content (AvgIpc) is 2.40. The number of halogens is 5. The smallest absolute Gasteiger partial charge is 0.348 e. The van der Waals surface area contributed by atoms with Crippen molar-refractivity contribution < 1.29 is 22.4 Å². The molecule has 1 aliphatic rings. The van der Waals surface area contributed by atoms with Gasteiger partial charge in [0.1, 0.15) is 5.82 Å². The van der Waals surface area contributed by atoms with Gasteiger partial charge in [-0.25, -0.2) is 4.39 Å². The maximum Gasteiger partial charge on any atom is 0.419 e. The highest BCUT2D eigenvalue weighted by molar-refractivity contribution is 5.94. The van der Waals surface area contributed by atoms with Crippen LogP contribution in [-0.4, -0.2) is 24.5 Å². The van der Waals surface area contributed by atoms with Crippen molar-refractivity contribution in [3.63, 3.8) is 0 Å². The molecule has 2 unspecified atom stereocenters. The van der Waals surface area contributed by atoms with Gasteiger partial charge in [-0.2, -0.15) is 13.2 Å². The molecule has 1 fully saturated rings. The second-order valence-electron chi connectivity index (χ2n) is 5.16. The number of piperidine rings is 1. The lowest BCUT2D eigenvalue weighted by atomic mass is 9.99. The Morgan fingerprint density at radius 2 is 2.05 bits per heavy atom. The van der Waals surface area contributed by atoms with Crippen LogP contribution in [0.1, 0.15) is 35.7 Å². The number of carbonyl (C=O) groups excluding carboxylic acids is 1. The molecule has 1 heterocycles.